The van der Waals surface area contributed by atoms with Gasteiger partial charge >= 0.3 is 12.4 Å². The standard InChI is InChI=1S/C47H48F7NO6Si/c1-5-28(20-29-17-18-39(57)38(48)21-29)16-19-40(58)41-30(27-61-62(45(2,3)4,34-12-8-6-9-13-34)35-14-10-7-11-15-35)22-36-42(37(41)26-56)44(60)55(43(36)59)33-24-31(46(49,50)51)23-32(25-33)47(52,53)54/h6-15,17-18,20-21,23-25,36-37,40,42,56-58H,5,16,19,22,26-27H2,1-4H3/b28-20+/t36-,37+,40-,42-/m1/s1. The lowest BCUT2D eigenvalue weighted by atomic mass is 9.68. The van der Waals surface area contributed by atoms with E-state index >= 15 is 0 Å². The third kappa shape index (κ3) is 9.17. The molecule has 0 unspecified atom stereocenters. The Hall–Kier alpha value is -5.09. The summed E-state index contributed by atoms with van der Waals surface area (Å²) in [5, 5.41) is 34.2. The second kappa shape index (κ2) is 17.9. The van der Waals surface area contributed by atoms with Crippen LogP contribution in [0.2, 0.25) is 5.04 Å². The number of allylic oxidation sites excluding steroid dienone is 1. The Morgan fingerprint density at radius 1 is 0.855 bits per heavy atom. The zero-order chi connectivity index (χ0) is 45.4. The average molecular weight is 884 g/mol. The summed E-state index contributed by atoms with van der Waals surface area (Å²) in [6.45, 7) is 6.97. The molecule has 15 heteroatoms. The SMILES string of the molecule is CC/C(=C\c1ccc(O)c(F)c1)CC[C@@H](O)C1=C(CO[Si](c2ccccc2)(c2ccccc2)C(C)(C)C)C[C@H]2C(=O)N(c3cc(C(F)(F)F)cc(C(F)(F)F)c3)C(=O)[C@H]2[C@H]1CO. The van der Waals surface area contributed by atoms with E-state index in [2.05, 4.69) is 0 Å². The normalized spacial score (nSPS) is 19.6. The van der Waals surface area contributed by atoms with Crippen molar-refractivity contribution in [3.05, 3.63) is 136 Å². The van der Waals surface area contributed by atoms with Crippen molar-refractivity contribution in [2.75, 3.05) is 18.1 Å². The predicted molar refractivity (Wildman–Crippen MR) is 223 cm³/mol. The third-order valence-corrected chi connectivity index (χ3v) is 17.0. The van der Waals surface area contributed by atoms with Crippen LogP contribution >= 0.6 is 0 Å². The van der Waals surface area contributed by atoms with Crippen LogP contribution in [0.1, 0.15) is 70.1 Å². The molecule has 0 aromatic heterocycles. The lowest BCUT2D eigenvalue weighted by Gasteiger charge is -2.44. The van der Waals surface area contributed by atoms with Gasteiger partial charge in [-0.25, -0.2) is 9.29 Å². The van der Waals surface area contributed by atoms with Crippen LogP contribution in [0.4, 0.5) is 36.4 Å². The minimum absolute atomic E-state index is 0.0145. The zero-order valence-corrected chi connectivity index (χ0v) is 35.5. The van der Waals surface area contributed by atoms with Gasteiger partial charge in [0, 0.05) is 5.92 Å². The molecule has 330 valence electrons. The molecule has 2 amide bonds. The predicted octanol–water partition coefficient (Wildman–Crippen LogP) is 9.19. The largest absolute Gasteiger partial charge is 0.505 e. The van der Waals surface area contributed by atoms with Crippen molar-refractivity contribution in [2.45, 2.75) is 76.9 Å². The van der Waals surface area contributed by atoms with Crippen LogP contribution in [-0.2, 0) is 26.4 Å². The number of phenolic OH excluding ortho intramolecular Hbond substituents is 1. The van der Waals surface area contributed by atoms with Gasteiger partial charge in [-0.05, 0) is 88.1 Å². The molecule has 1 aliphatic heterocycles. The van der Waals surface area contributed by atoms with E-state index in [1.807, 2.05) is 88.4 Å². The number of halogens is 7. The summed E-state index contributed by atoms with van der Waals surface area (Å²) < 4.78 is 105. The number of rotatable bonds is 13. The van der Waals surface area contributed by atoms with E-state index in [-0.39, 0.29) is 37.5 Å². The smallest absolute Gasteiger partial charge is 0.416 e. The number of carbonyl (C=O) groups is 2. The van der Waals surface area contributed by atoms with E-state index in [0.29, 0.717) is 34.6 Å². The summed E-state index contributed by atoms with van der Waals surface area (Å²) in [5.74, 6) is -7.54. The fourth-order valence-electron chi connectivity index (χ4n) is 9.05. The first-order chi connectivity index (χ1) is 29.1. The van der Waals surface area contributed by atoms with E-state index < -0.39 is 96.4 Å². The maximum Gasteiger partial charge on any atom is 0.416 e. The molecular formula is C47H48F7NO6Si. The average Bonchev–Trinajstić information content (AvgIpc) is 3.47. The first-order valence-electron chi connectivity index (χ1n) is 20.2. The molecule has 4 aromatic carbocycles. The number of alkyl halides is 6. The van der Waals surface area contributed by atoms with Crippen molar-refractivity contribution >= 4 is 42.3 Å². The number of aromatic hydroxyl groups is 1. The number of hydrogen-bond acceptors (Lipinski definition) is 6. The van der Waals surface area contributed by atoms with Gasteiger partial charge in [0.1, 0.15) is 0 Å². The number of benzene rings is 4. The van der Waals surface area contributed by atoms with Crippen molar-refractivity contribution in [3.63, 3.8) is 0 Å². The number of aliphatic hydroxyl groups excluding tert-OH is 2. The van der Waals surface area contributed by atoms with Crippen LogP contribution in [0.5, 0.6) is 5.75 Å². The fraction of sp³-hybridized carbons (Fsp3) is 0.362. The third-order valence-electron chi connectivity index (χ3n) is 12.0. The summed E-state index contributed by atoms with van der Waals surface area (Å²) in [4.78, 5) is 29.0. The van der Waals surface area contributed by atoms with Gasteiger partial charge in [-0.1, -0.05) is 106 Å². The molecule has 2 aliphatic rings. The van der Waals surface area contributed by atoms with Gasteiger partial charge in [0.2, 0.25) is 11.8 Å². The Kier molecular flexibility index (Phi) is 13.4. The topological polar surface area (TPSA) is 107 Å². The molecular weight excluding hydrogens is 836 g/mol. The fourth-order valence-corrected chi connectivity index (χ4v) is 13.6. The quantitative estimate of drug-likeness (QED) is 0.0536. The van der Waals surface area contributed by atoms with Crippen molar-refractivity contribution < 1.29 is 60.1 Å². The number of imide groups is 1. The number of nitrogens with zero attached hydrogens (tertiary/aromatic N) is 1. The molecule has 4 atom stereocenters. The van der Waals surface area contributed by atoms with Crippen LogP contribution < -0.4 is 15.3 Å². The maximum absolute atomic E-state index is 14.3. The van der Waals surface area contributed by atoms with Gasteiger partial charge in [-0.15, -0.1) is 0 Å². The number of aliphatic hydroxyl groups is 2. The lowest BCUT2D eigenvalue weighted by Crippen LogP contribution is -2.66. The second-order valence-electron chi connectivity index (χ2n) is 16.8. The van der Waals surface area contributed by atoms with Crippen LogP contribution in [0.3, 0.4) is 0 Å². The highest BCUT2D eigenvalue weighted by Crippen LogP contribution is 2.49. The number of phenols is 1. The molecule has 0 saturated carbocycles. The first-order valence-corrected chi connectivity index (χ1v) is 22.1. The molecule has 1 aliphatic carbocycles. The number of hydrogen-bond donors (Lipinski definition) is 3. The minimum atomic E-state index is -5.26. The van der Waals surface area contributed by atoms with Crippen LogP contribution in [0, 0.1) is 23.6 Å². The zero-order valence-electron chi connectivity index (χ0n) is 34.5. The van der Waals surface area contributed by atoms with Crippen molar-refractivity contribution in [2.24, 2.45) is 17.8 Å². The van der Waals surface area contributed by atoms with Gasteiger partial charge in [0.05, 0.1) is 48.0 Å². The van der Waals surface area contributed by atoms with Gasteiger partial charge in [-0.3, -0.25) is 9.59 Å². The van der Waals surface area contributed by atoms with E-state index in [1.165, 1.54) is 12.1 Å². The summed E-state index contributed by atoms with van der Waals surface area (Å²) in [7, 11) is -3.31. The van der Waals surface area contributed by atoms with E-state index in [1.54, 1.807) is 6.08 Å². The highest BCUT2D eigenvalue weighted by atomic mass is 28.4. The number of anilines is 1. The molecule has 0 bridgehead atoms. The first kappa shape index (κ1) is 46.4. The molecule has 4 aromatic rings. The minimum Gasteiger partial charge on any atom is -0.505 e. The second-order valence-corrected chi connectivity index (χ2v) is 21.1. The molecule has 1 fully saturated rings. The van der Waals surface area contributed by atoms with Crippen molar-refractivity contribution in [1.29, 1.82) is 0 Å². The van der Waals surface area contributed by atoms with Crippen LogP contribution in [-0.4, -0.2) is 54.8 Å². The van der Waals surface area contributed by atoms with E-state index in [9.17, 15) is 55.6 Å². The van der Waals surface area contributed by atoms with Gasteiger partial charge in [0.15, 0.2) is 11.6 Å². The van der Waals surface area contributed by atoms with Gasteiger partial charge < -0.3 is 19.7 Å². The lowest BCUT2D eigenvalue weighted by molar-refractivity contribution is -0.143. The number of fused-ring (bicyclic) bond motifs is 1. The molecule has 6 rings (SSSR count). The molecule has 62 heavy (non-hydrogen) atoms. The number of amides is 2. The van der Waals surface area contributed by atoms with Crippen molar-refractivity contribution in [3.8, 4) is 5.75 Å². The summed E-state index contributed by atoms with van der Waals surface area (Å²) in [6, 6.07) is 23.6. The summed E-state index contributed by atoms with van der Waals surface area (Å²) >= 11 is 0. The Balaban J connectivity index is 1.46. The Morgan fingerprint density at radius 3 is 1.90 bits per heavy atom. The van der Waals surface area contributed by atoms with Crippen LogP contribution in [0.15, 0.2) is 114 Å². The Bertz CT molecular complexity index is 2270. The molecule has 1 heterocycles. The van der Waals surface area contributed by atoms with E-state index in [0.717, 1.165) is 22.0 Å². The molecule has 3 N–H and O–H groups in total. The molecule has 7 nitrogen and oxygen atoms in total. The highest BCUT2D eigenvalue weighted by molar-refractivity contribution is 6.99. The van der Waals surface area contributed by atoms with E-state index in [4.69, 9.17) is 4.43 Å². The van der Waals surface area contributed by atoms with Gasteiger partial charge in [-0.2, -0.15) is 26.3 Å². The summed E-state index contributed by atoms with van der Waals surface area (Å²) in [6.07, 6.45) is -9.70. The highest BCUT2D eigenvalue weighted by Gasteiger charge is 2.57. The molecule has 0 radical (unpaired) electrons. The monoisotopic (exact) mass is 883 g/mol. The number of carbonyl (C=O) groups excluding carboxylic acids is 2. The van der Waals surface area contributed by atoms with Crippen LogP contribution in [0.25, 0.3) is 6.08 Å². The van der Waals surface area contributed by atoms with Crippen molar-refractivity contribution in [1.82, 2.24) is 0 Å². The Labute approximate surface area is 356 Å². The molecule has 0 spiro atoms. The van der Waals surface area contributed by atoms with Gasteiger partial charge in [0.25, 0.3) is 8.32 Å². The molecule has 1 saturated heterocycles. The Morgan fingerprint density at radius 2 is 1.42 bits per heavy atom. The maximum atomic E-state index is 14.3. The summed E-state index contributed by atoms with van der Waals surface area (Å²) in [5.41, 5.74) is -2.53.